The van der Waals surface area contributed by atoms with Gasteiger partial charge in [-0.2, -0.15) is 0 Å². The maximum atomic E-state index is 11.0. The van der Waals surface area contributed by atoms with Gasteiger partial charge in [0, 0.05) is 19.0 Å². The molecule has 0 aromatic carbocycles. The molecule has 0 spiro atoms. The van der Waals surface area contributed by atoms with E-state index < -0.39 is 5.97 Å². The van der Waals surface area contributed by atoms with Crippen LogP contribution in [0.5, 0.6) is 0 Å². The van der Waals surface area contributed by atoms with E-state index in [1.165, 1.54) is 12.4 Å². The Morgan fingerprint density at radius 2 is 2.25 bits per heavy atom. The van der Waals surface area contributed by atoms with Crippen LogP contribution in [0.1, 0.15) is 13.8 Å². The summed E-state index contributed by atoms with van der Waals surface area (Å²) in [5.41, 5.74) is 5.48. The molecule has 0 bridgehead atoms. The molecule has 0 aromatic heterocycles. The minimum Gasteiger partial charge on any atom is -0.462 e. The molecule has 0 aliphatic heterocycles. The van der Waals surface area contributed by atoms with Crippen molar-refractivity contribution in [3.05, 3.63) is 11.8 Å². The maximum absolute atomic E-state index is 11.0. The van der Waals surface area contributed by atoms with E-state index in [1.807, 2.05) is 6.92 Å². The van der Waals surface area contributed by atoms with Crippen molar-refractivity contribution in [1.29, 1.82) is 0 Å². The van der Waals surface area contributed by atoms with Crippen molar-refractivity contribution in [2.24, 2.45) is 10.7 Å². The molecule has 0 heterocycles. The average molecular weight is 170 g/mol. The Morgan fingerprint density at radius 3 is 2.67 bits per heavy atom. The first-order chi connectivity index (χ1) is 5.76. The number of esters is 1. The lowest BCUT2D eigenvalue weighted by molar-refractivity contribution is -0.137. The van der Waals surface area contributed by atoms with Gasteiger partial charge in [-0.25, -0.2) is 4.79 Å². The molecule has 0 unspecified atom stereocenters. The Balaban J connectivity index is 4.17. The Labute approximate surface area is 72.1 Å². The van der Waals surface area contributed by atoms with Gasteiger partial charge in [0.25, 0.3) is 0 Å². The number of nitrogens with zero attached hydrogens (tertiary/aromatic N) is 1. The highest BCUT2D eigenvalue weighted by Gasteiger charge is 2.05. The zero-order valence-corrected chi connectivity index (χ0v) is 7.41. The molecule has 0 aromatic rings. The van der Waals surface area contributed by atoms with E-state index in [0.717, 1.165) is 0 Å². The Morgan fingerprint density at radius 1 is 1.58 bits per heavy atom. The zero-order valence-electron chi connectivity index (χ0n) is 7.41. The molecule has 0 radical (unpaired) electrons. The molecular weight excluding hydrogens is 156 g/mol. The first-order valence-corrected chi connectivity index (χ1v) is 3.85. The van der Waals surface area contributed by atoms with Gasteiger partial charge in [0.05, 0.1) is 12.2 Å². The van der Waals surface area contributed by atoms with Gasteiger partial charge in [0.2, 0.25) is 0 Å². The third kappa shape index (κ3) is 3.75. The SMILES string of the molecule is CCN=CC(=CN)C(=O)OCC. The van der Waals surface area contributed by atoms with Crippen molar-refractivity contribution in [3.63, 3.8) is 0 Å². The summed E-state index contributed by atoms with van der Waals surface area (Å²) < 4.78 is 4.71. The molecule has 0 aliphatic rings. The van der Waals surface area contributed by atoms with E-state index in [1.54, 1.807) is 6.92 Å². The Kier molecular flexibility index (Phi) is 5.69. The second-order valence-corrected chi connectivity index (χ2v) is 1.97. The zero-order chi connectivity index (χ0) is 9.40. The number of carbonyl (C=O) groups excluding carboxylic acids is 1. The van der Waals surface area contributed by atoms with Crippen molar-refractivity contribution in [1.82, 2.24) is 0 Å². The summed E-state index contributed by atoms with van der Waals surface area (Å²) in [7, 11) is 0. The van der Waals surface area contributed by atoms with Crippen LogP contribution in [-0.4, -0.2) is 25.3 Å². The Bertz CT molecular complexity index is 197. The third-order valence-electron chi connectivity index (χ3n) is 1.10. The Hall–Kier alpha value is -1.32. The van der Waals surface area contributed by atoms with Gasteiger partial charge >= 0.3 is 5.97 Å². The fraction of sp³-hybridized carbons (Fsp3) is 0.500. The number of carbonyl (C=O) groups is 1. The summed E-state index contributed by atoms with van der Waals surface area (Å²) in [6.07, 6.45) is 2.61. The second kappa shape index (κ2) is 6.39. The van der Waals surface area contributed by atoms with E-state index in [9.17, 15) is 4.79 Å². The standard InChI is InChI=1S/C8H14N2O2/c1-3-10-6-7(5-9)8(11)12-4-2/h5-6H,3-4,9H2,1-2H3. The van der Waals surface area contributed by atoms with Crippen LogP contribution >= 0.6 is 0 Å². The van der Waals surface area contributed by atoms with Crippen molar-refractivity contribution in [2.75, 3.05) is 13.2 Å². The van der Waals surface area contributed by atoms with E-state index >= 15 is 0 Å². The predicted octanol–water partition coefficient (Wildman–Crippen LogP) is 0.483. The molecule has 4 nitrogen and oxygen atoms in total. The molecule has 0 fully saturated rings. The topological polar surface area (TPSA) is 64.7 Å². The van der Waals surface area contributed by atoms with Crippen LogP contribution in [0.4, 0.5) is 0 Å². The highest BCUT2D eigenvalue weighted by atomic mass is 16.5. The number of hydrogen-bond acceptors (Lipinski definition) is 4. The van der Waals surface area contributed by atoms with Gasteiger partial charge in [0.1, 0.15) is 0 Å². The third-order valence-corrected chi connectivity index (χ3v) is 1.10. The first kappa shape index (κ1) is 10.7. The number of ether oxygens (including phenoxy) is 1. The van der Waals surface area contributed by atoms with Crippen LogP contribution in [0.2, 0.25) is 0 Å². The summed E-state index contributed by atoms with van der Waals surface area (Å²) in [4.78, 5) is 14.9. The van der Waals surface area contributed by atoms with Crippen LogP contribution in [0, 0.1) is 0 Å². The van der Waals surface area contributed by atoms with Crippen LogP contribution in [0.25, 0.3) is 0 Å². The van der Waals surface area contributed by atoms with Gasteiger partial charge in [-0.05, 0) is 13.8 Å². The lowest BCUT2D eigenvalue weighted by Gasteiger charge is -1.99. The smallest absolute Gasteiger partial charge is 0.341 e. The molecule has 68 valence electrons. The number of hydrogen-bond donors (Lipinski definition) is 1. The van der Waals surface area contributed by atoms with E-state index in [-0.39, 0.29) is 0 Å². The molecule has 12 heavy (non-hydrogen) atoms. The van der Waals surface area contributed by atoms with Gasteiger partial charge < -0.3 is 10.5 Å². The van der Waals surface area contributed by atoms with Gasteiger partial charge in [-0.3, -0.25) is 4.99 Å². The van der Waals surface area contributed by atoms with Crippen molar-refractivity contribution < 1.29 is 9.53 Å². The van der Waals surface area contributed by atoms with Gasteiger partial charge in [0.15, 0.2) is 0 Å². The number of rotatable bonds is 4. The normalized spacial score (nSPS) is 12.0. The molecule has 4 heteroatoms. The highest BCUT2D eigenvalue weighted by Crippen LogP contribution is 1.92. The fourth-order valence-electron chi connectivity index (χ4n) is 0.568. The summed E-state index contributed by atoms with van der Waals surface area (Å²) in [5, 5.41) is 0. The van der Waals surface area contributed by atoms with Crippen LogP contribution < -0.4 is 5.73 Å². The lowest BCUT2D eigenvalue weighted by Crippen LogP contribution is -2.10. The highest BCUT2D eigenvalue weighted by molar-refractivity contribution is 6.09. The van der Waals surface area contributed by atoms with Crippen LogP contribution in [0.15, 0.2) is 16.8 Å². The second-order valence-electron chi connectivity index (χ2n) is 1.97. The van der Waals surface area contributed by atoms with Gasteiger partial charge in [-0.15, -0.1) is 0 Å². The molecule has 0 rings (SSSR count). The molecule has 0 aliphatic carbocycles. The molecular formula is C8H14N2O2. The fourth-order valence-corrected chi connectivity index (χ4v) is 0.568. The van der Waals surface area contributed by atoms with Crippen molar-refractivity contribution >= 4 is 12.2 Å². The largest absolute Gasteiger partial charge is 0.462 e. The van der Waals surface area contributed by atoms with Gasteiger partial charge in [-0.1, -0.05) is 0 Å². The average Bonchev–Trinajstić information content (AvgIpc) is 2.06. The summed E-state index contributed by atoms with van der Waals surface area (Å²) in [6, 6.07) is 0. The number of nitrogens with two attached hydrogens (primary N) is 1. The van der Waals surface area contributed by atoms with Crippen molar-refractivity contribution in [2.45, 2.75) is 13.8 Å². The first-order valence-electron chi connectivity index (χ1n) is 3.85. The van der Waals surface area contributed by atoms with E-state index in [0.29, 0.717) is 18.7 Å². The molecule has 0 atom stereocenters. The summed E-state index contributed by atoms with van der Waals surface area (Å²) in [5.74, 6) is -0.433. The van der Waals surface area contributed by atoms with Crippen LogP contribution in [-0.2, 0) is 9.53 Å². The van der Waals surface area contributed by atoms with E-state index in [2.05, 4.69) is 4.99 Å². The molecule has 0 amide bonds. The van der Waals surface area contributed by atoms with Crippen molar-refractivity contribution in [3.8, 4) is 0 Å². The molecule has 0 saturated heterocycles. The monoisotopic (exact) mass is 170 g/mol. The molecule has 2 N–H and O–H groups in total. The lowest BCUT2D eigenvalue weighted by atomic mass is 10.3. The molecule has 0 saturated carbocycles. The summed E-state index contributed by atoms with van der Waals surface area (Å²) >= 11 is 0. The quantitative estimate of drug-likeness (QED) is 0.379. The van der Waals surface area contributed by atoms with Crippen LogP contribution in [0.3, 0.4) is 0 Å². The minimum atomic E-state index is -0.433. The van der Waals surface area contributed by atoms with E-state index in [4.69, 9.17) is 10.5 Å². The minimum absolute atomic E-state index is 0.290. The number of aliphatic imine (C=N–C) groups is 1. The predicted molar refractivity (Wildman–Crippen MR) is 47.9 cm³/mol. The maximum Gasteiger partial charge on any atom is 0.341 e. The summed E-state index contributed by atoms with van der Waals surface area (Å²) in [6.45, 7) is 4.58.